The van der Waals surface area contributed by atoms with Crippen LogP contribution < -0.4 is 15.4 Å². The van der Waals surface area contributed by atoms with Crippen LogP contribution >= 0.6 is 0 Å². The average molecular weight is 459 g/mol. The number of anilines is 3. The van der Waals surface area contributed by atoms with Gasteiger partial charge in [0.05, 0.1) is 5.69 Å². The van der Waals surface area contributed by atoms with Crippen molar-refractivity contribution in [3.63, 3.8) is 0 Å². The molecule has 6 heteroatoms. The standard InChI is InChI=1S/C29H22N4O2/c34-29(22-10-7-13-26(18-22)35-25-11-5-2-6-12-25)33-24-16-14-23(15-17-24)32-28-19-27(30-20-31-28)21-8-3-1-4-9-21/h1-20H,(H,33,34)(H,30,31,32). The first-order valence-corrected chi connectivity index (χ1v) is 11.1. The van der Waals surface area contributed by atoms with Crippen LogP contribution in [0.5, 0.6) is 11.5 Å². The summed E-state index contributed by atoms with van der Waals surface area (Å²) in [6.07, 6.45) is 1.54. The van der Waals surface area contributed by atoms with Crippen molar-refractivity contribution in [3.8, 4) is 22.8 Å². The lowest BCUT2D eigenvalue weighted by molar-refractivity contribution is 0.102. The Morgan fingerprint density at radius 2 is 1.34 bits per heavy atom. The topological polar surface area (TPSA) is 76.1 Å². The van der Waals surface area contributed by atoms with Gasteiger partial charge in [0, 0.05) is 28.6 Å². The van der Waals surface area contributed by atoms with Crippen LogP contribution in [-0.2, 0) is 0 Å². The second-order valence-corrected chi connectivity index (χ2v) is 7.75. The predicted molar refractivity (Wildman–Crippen MR) is 138 cm³/mol. The molecule has 1 heterocycles. The van der Waals surface area contributed by atoms with Crippen LogP contribution in [0.2, 0.25) is 0 Å². The van der Waals surface area contributed by atoms with Gasteiger partial charge >= 0.3 is 0 Å². The molecule has 0 unspecified atom stereocenters. The molecule has 0 bridgehead atoms. The first-order chi connectivity index (χ1) is 17.2. The number of benzene rings is 4. The Hall–Kier alpha value is -4.97. The molecule has 4 aromatic carbocycles. The fourth-order valence-electron chi connectivity index (χ4n) is 3.51. The van der Waals surface area contributed by atoms with E-state index in [1.165, 1.54) is 6.33 Å². The second kappa shape index (κ2) is 10.3. The van der Waals surface area contributed by atoms with Gasteiger partial charge in [0.1, 0.15) is 23.6 Å². The predicted octanol–water partition coefficient (Wildman–Crippen LogP) is 6.93. The first kappa shape index (κ1) is 21.9. The third kappa shape index (κ3) is 5.69. The van der Waals surface area contributed by atoms with Crippen LogP contribution in [0, 0.1) is 0 Å². The van der Waals surface area contributed by atoms with Crippen molar-refractivity contribution < 1.29 is 9.53 Å². The van der Waals surface area contributed by atoms with Crippen molar-refractivity contribution in [2.45, 2.75) is 0 Å². The molecular weight excluding hydrogens is 436 g/mol. The Kier molecular flexibility index (Phi) is 6.44. The number of para-hydroxylation sites is 1. The van der Waals surface area contributed by atoms with Crippen LogP contribution in [0.15, 0.2) is 122 Å². The third-order valence-electron chi connectivity index (χ3n) is 5.23. The summed E-state index contributed by atoms with van der Waals surface area (Å²) in [5.74, 6) is 1.79. The summed E-state index contributed by atoms with van der Waals surface area (Å²) >= 11 is 0. The number of aromatic nitrogens is 2. The number of nitrogens with one attached hydrogen (secondary N) is 2. The molecule has 6 nitrogen and oxygen atoms in total. The molecule has 0 fully saturated rings. The summed E-state index contributed by atoms with van der Waals surface area (Å²) in [4.78, 5) is 21.4. The summed E-state index contributed by atoms with van der Waals surface area (Å²) in [6.45, 7) is 0. The maximum Gasteiger partial charge on any atom is 0.255 e. The normalized spacial score (nSPS) is 10.4. The van der Waals surface area contributed by atoms with Crippen LogP contribution in [0.3, 0.4) is 0 Å². The number of hydrogen-bond donors (Lipinski definition) is 2. The highest BCUT2D eigenvalue weighted by atomic mass is 16.5. The summed E-state index contributed by atoms with van der Waals surface area (Å²) in [7, 11) is 0. The number of rotatable bonds is 7. The van der Waals surface area contributed by atoms with E-state index < -0.39 is 0 Å². The zero-order valence-electron chi connectivity index (χ0n) is 18.8. The highest BCUT2D eigenvalue weighted by Gasteiger charge is 2.09. The van der Waals surface area contributed by atoms with Gasteiger partial charge in [-0.25, -0.2) is 9.97 Å². The Labute approximate surface area is 203 Å². The largest absolute Gasteiger partial charge is 0.457 e. The monoisotopic (exact) mass is 458 g/mol. The number of amides is 1. The fraction of sp³-hybridized carbons (Fsp3) is 0. The molecule has 1 amide bonds. The van der Waals surface area contributed by atoms with Crippen molar-refractivity contribution in [1.29, 1.82) is 0 Å². The molecule has 1 aromatic heterocycles. The van der Waals surface area contributed by atoms with Crippen LogP contribution in [-0.4, -0.2) is 15.9 Å². The third-order valence-corrected chi connectivity index (χ3v) is 5.23. The van der Waals surface area contributed by atoms with E-state index in [9.17, 15) is 4.79 Å². The fourth-order valence-corrected chi connectivity index (χ4v) is 3.51. The minimum Gasteiger partial charge on any atom is -0.457 e. The smallest absolute Gasteiger partial charge is 0.255 e. The van der Waals surface area contributed by atoms with Gasteiger partial charge in [-0.1, -0.05) is 54.6 Å². The highest BCUT2D eigenvalue weighted by molar-refractivity contribution is 6.04. The number of carbonyl (C=O) groups excluding carboxylic acids is 1. The molecule has 2 N–H and O–H groups in total. The molecule has 5 aromatic rings. The van der Waals surface area contributed by atoms with Gasteiger partial charge in [-0.15, -0.1) is 0 Å². The molecule has 0 saturated carbocycles. The van der Waals surface area contributed by atoms with Gasteiger partial charge in [0.2, 0.25) is 0 Å². The Bertz CT molecular complexity index is 1420. The van der Waals surface area contributed by atoms with E-state index in [0.29, 0.717) is 28.6 Å². The zero-order valence-corrected chi connectivity index (χ0v) is 18.8. The summed E-state index contributed by atoms with van der Waals surface area (Å²) in [6, 6.07) is 35.8. The molecule has 5 rings (SSSR count). The minimum absolute atomic E-state index is 0.215. The maximum absolute atomic E-state index is 12.8. The molecule has 0 saturated heterocycles. The van der Waals surface area contributed by atoms with Gasteiger partial charge in [-0.05, 0) is 54.6 Å². The second-order valence-electron chi connectivity index (χ2n) is 7.75. The van der Waals surface area contributed by atoms with Gasteiger partial charge in [-0.3, -0.25) is 4.79 Å². The van der Waals surface area contributed by atoms with E-state index in [1.807, 2.05) is 97.1 Å². The molecular formula is C29H22N4O2. The lowest BCUT2D eigenvalue weighted by atomic mass is 10.1. The number of hydrogen-bond acceptors (Lipinski definition) is 5. The SMILES string of the molecule is O=C(Nc1ccc(Nc2cc(-c3ccccc3)ncn2)cc1)c1cccc(Oc2ccccc2)c1. The lowest BCUT2D eigenvalue weighted by Crippen LogP contribution is -2.11. The summed E-state index contributed by atoms with van der Waals surface area (Å²) in [5, 5.41) is 6.20. The van der Waals surface area contributed by atoms with Crippen molar-refractivity contribution in [2.24, 2.45) is 0 Å². The van der Waals surface area contributed by atoms with Gasteiger partial charge < -0.3 is 15.4 Å². The van der Waals surface area contributed by atoms with E-state index in [-0.39, 0.29) is 5.91 Å². The number of ether oxygens (including phenoxy) is 1. The molecule has 0 spiro atoms. The molecule has 0 radical (unpaired) electrons. The van der Waals surface area contributed by atoms with E-state index >= 15 is 0 Å². The van der Waals surface area contributed by atoms with Crippen molar-refractivity contribution in [3.05, 3.63) is 127 Å². The van der Waals surface area contributed by atoms with Crippen molar-refractivity contribution in [2.75, 3.05) is 10.6 Å². The van der Waals surface area contributed by atoms with Crippen LogP contribution in [0.4, 0.5) is 17.2 Å². The Morgan fingerprint density at radius 3 is 2.11 bits per heavy atom. The molecule has 0 atom stereocenters. The van der Waals surface area contributed by atoms with Crippen LogP contribution in [0.1, 0.15) is 10.4 Å². The van der Waals surface area contributed by atoms with Gasteiger partial charge in [0.25, 0.3) is 5.91 Å². The molecule has 0 aliphatic heterocycles. The Morgan fingerprint density at radius 1 is 0.657 bits per heavy atom. The molecule has 0 aliphatic carbocycles. The number of carbonyl (C=O) groups is 1. The average Bonchev–Trinajstić information content (AvgIpc) is 2.91. The molecule has 35 heavy (non-hydrogen) atoms. The Balaban J connectivity index is 1.23. The van der Waals surface area contributed by atoms with E-state index in [1.54, 1.807) is 18.2 Å². The minimum atomic E-state index is -0.215. The quantitative estimate of drug-likeness (QED) is 0.276. The summed E-state index contributed by atoms with van der Waals surface area (Å²) < 4.78 is 5.83. The van der Waals surface area contributed by atoms with E-state index in [4.69, 9.17) is 4.74 Å². The van der Waals surface area contributed by atoms with E-state index in [2.05, 4.69) is 20.6 Å². The van der Waals surface area contributed by atoms with Gasteiger partial charge in [0.15, 0.2) is 0 Å². The van der Waals surface area contributed by atoms with Gasteiger partial charge in [-0.2, -0.15) is 0 Å². The van der Waals surface area contributed by atoms with Crippen molar-refractivity contribution in [1.82, 2.24) is 9.97 Å². The first-order valence-electron chi connectivity index (χ1n) is 11.1. The molecule has 0 aliphatic rings. The lowest BCUT2D eigenvalue weighted by Gasteiger charge is -2.10. The van der Waals surface area contributed by atoms with Crippen molar-refractivity contribution >= 4 is 23.1 Å². The summed E-state index contributed by atoms with van der Waals surface area (Å²) in [5.41, 5.74) is 3.90. The van der Waals surface area contributed by atoms with Crippen LogP contribution in [0.25, 0.3) is 11.3 Å². The zero-order chi connectivity index (χ0) is 23.9. The highest BCUT2D eigenvalue weighted by Crippen LogP contribution is 2.24. The number of nitrogens with zero attached hydrogens (tertiary/aromatic N) is 2. The van der Waals surface area contributed by atoms with E-state index in [0.717, 1.165) is 16.9 Å². The maximum atomic E-state index is 12.8. The molecule has 170 valence electrons.